The molecule has 16 heteroatoms. The Kier molecular flexibility index (Phi) is 13.6. The van der Waals surface area contributed by atoms with Crippen LogP contribution in [-0.2, 0) is 21.5 Å². The number of aromatic nitrogens is 4. The van der Waals surface area contributed by atoms with E-state index in [0.717, 1.165) is 32.8 Å². The number of rotatable bonds is 7. The number of aliphatic carboxylic acids is 2. The maximum absolute atomic E-state index is 12.5. The van der Waals surface area contributed by atoms with E-state index in [9.17, 15) is 22.8 Å². The highest BCUT2D eigenvalue weighted by Crippen LogP contribution is 2.31. The second kappa shape index (κ2) is 16.3. The number of alkyl halides is 3. The molecule has 4 aromatic rings. The lowest BCUT2D eigenvalue weighted by atomic mass is 10.1. The van der Waals surface area contributed by atoms with Crippen LogP contribution in [0.4, 0.5) is 13.2 Å². The molecule has 2 heterocycles. The van der Waals surface area contributed by atoms with E-state index in [0.29, 0.717) is 15.3 Å². The quantitative estimate of drug-likeness (QED) is 0.0938. The molecule has 0 saturated carbocycles. The van der Waals surface area contributed by atoms with Gasteiger partial charge in [0.2, 0.25) is 0 Å². The average molecular weight is 649 g/mol. The standard InChI is InChI=1S/C10H7ClN2.C10H7F3N2S3.C4H6O4S/c11-9-3-1-8(2-4-9)10-5-6-12-7-13-10;11-10(12,13)7-3-1-2-6(4-7)5-17-9-15-14-8(16)18-9;5-3(6)1-2(9)4(7)8/h1-7H;1-4H,5H2,(H,14,16);2,9H,1H2,(H,5,6)(H,7,8). The maximum Gasteiger partial charge on any atom is 0.416 e. The number of thiol groups is 1. The molecule has 40 heavy (non-hydrogen) atoms. The van der Waals surface area contributed by atoms with Crippen LogP contribution in [-0.4, -0.2) is 47.6 Å². The Morgan fingerprint density at radius 2 is 1.85 bits per heavy atom. The fourth-order valence-electron chi connectivity index (χ4n) is 2.60. The molecule has 8 nitrogen and oxygen atoms in total. The van der Waals surface area contributed by atoms with Gasteiger partial charge in [0.15, 0.2) is 8.29 Å². The van der Waals surface area contributed by atoms with E-state index in [1.54, 1.807) is 12.3 Å². The highest BCUT2D eigenvalue weighted by molar-refractivity contribution is 8.00. The minimum Gasteiger partial charge on any atom is -0.481 e. The van der Waals surface area contributed by atoms with Crippen molar-refractivity contribution in [3.8, 4) is 11.3 Å². The number of carboxylic acids is 2. The molecule has 0 aliphatic heterocycles. The molecule has 0 bridgehead atoms. The molecule has 0 amide bonds. The summed E-state index contributed by atoms with van der Waals surface area (Å²) in [6.07, 6.45) is -1.50. The fourth-order valence-corrected chi connectivity index (χ4v) is 4.90. The van der Waals surface area contributed by atoms with Gasteiger partial charge in [0.05, 0.1) is 17.7 Å². The molecule has 2 aromatic carbocycles. The number of carbonyl (C=O) groups is 2. The highest BCUT2D eigenvalue weighted by atomic mass is 35.5. The van der Waals surface area contributed by atoms with Gasteiger partial charge in [-0.25, -0.2) is 9.97 Å². The molecule has 4 rings (SSSR count). The van der Waals surface area contributed by atoms with E-state index in [4.69, 9.17) is 34.0 Å². The first-order chi connectivity index (χ1) is 18.8. The first kappa shape index (κ1) is 33.2. The van der Waals surface area contributed by atoms with Crippen molar-refractivity contribution in [3.05, 3.63) is 87.2 Å². The van der Waals surface area contributed by atoms with Gasteiger partial charge in [-0.15, -0.1) is 0 Å². The van der Waals surface area contributed by atoms with Crippen molar-refractivity contribution >= 4 is 71.5 Å². The van der Waals surface area contributed by atoms with Crippen molar-refractivity contribution in [1.82, 2.24) is 20.2 Å². The Morgan fingerprint density at radius 3 is 2.35 bits per heavy atom. The molecule has 0 saturated heterocycles. The van der Waals surface area contributed by atoms with Crippen LogP contribution in [0, 0.1) is 3.95 Å². The summed E-state index contributed by atoms with van der Waals surface area (Å²) in [6.45, 7) is 0. The average Bonchev–Trinajstić information content (AvgIpc) is 3.33. The highest BCUT2D eigenvalue weighted by Gasteiger charge is 2.30. The van der Waals surface area contributed by atoms with Gasteiger partial charge in [0, 0.05) is 22.5 Å². The number of benzene rings is 2. The zero-order valence-electron chi connectivity index (χ0n) is 20.1. The van der Waals surface area contributed by atoms with Crippen LogP contribution in [0.5, 0.6) is 0 Å². The summed E-state index contributed by atoms with van der Waals surface area (Å²) < 4.78 is 38.8. The summed E-state index contributed by atoms with van der Waals surface area (Å²) in [4.78, 5) is 27.7. The molecule has 2 aromatic heterocycles. The minimum atomic E-state index is -4.30. The SMILES string of the molecule is Clc1ccc(-c2ccncn2)cc1.FC(F)(F)c1cccc(CSc2n[nH]c(=S)s2)c1.O=C(O)CC(S)C(=O)O. The summed E-state index contributed by atoms with van der Waals surface area (Å²) in [5, 5.41) is 22.3. The molecule has 1 atom stereocenters. The van der Waals surface area contributed by atoms with Crippen LogP contribution in [0.1, 0.15) is 17.5 Å². The molecule has 1 unspecified atom stereocenters. The van der Waals surface area contributed by atoms with Crippen LogP contribution in [0.2, 0.25) is 5.02 Å². The lowest BCUT2D eigenvalue weighted by Gasteiger charge is -2.07. The normalized spacial score (nSPS) is 11.3. The van der Waals surface area contributed by atoms with E-state index in [1.165, 1.54) is 35.5 Å². The maximum atomic E-state index is 12.5. The Balaban J connectivity index is 0.000000224. The third-order valence-corrected chi connectivity index (χ3v) is 7.37. The van der Waals surface area contributed by atoms with E-state index >= 15 is 0 Å². The monoisotopic (exact) mass is 648 g/mol. The van der Waals surface area contributed by atoms with Crippen LogP contribution in [0.3, 0.4) is 0 Å². The zero-order chi connectivity index (χ0) is 29.7. The van der Waals surface area contributed by atoms with Gasteiger partial charge >= 0.3 is 18.1 Å². The van der Waals surface area contributed by atoms with Gasteiger partial charge in [-0.05, 0) is 42.0 Å². The Labute approximate surface area is 250 Å². The molecule has 0 spiro atoms. The molecule has 0 fully saturated rings. The Morgan fingerprint density at radius 1 is 1.15 bits per heavy atom. The third kappa shape index (κ3) is 12.5. The van der Waals surface area contributed by atoms with E-state index in [1.807, 2.05) is 30.3 Å². The number of thioether (sulfide) groups is 1. The van der Waals surface area contributed by atoms with Crippen molar-refractivity contribution in [2.45, 2.75) is 27.9 Å². The number of nitrogens with one attached hydrogen (secondary N) is 1. The summed E-state index contributed by atoms with van der Waals surface area (Å²) in [5.41, 5.74) is 1.93. The number of hydrogen-bond donors (Lipinski definition) is 4. The number of aromatic amines is 1. The van der Waals surface area contributed by atoms with Crippen LogP contribution in [0.25, 0.3) is 11.3 Å². The van der Waals surface area contributed by atoms with Crippen LogP contribution in [0.15, 0.2) is 71.5 Å². The topological polar surface area (TPSA) is 129 Å². The van der Waals surface area contributed by atoms with Gasteiger partial charge in [-0.2, -0.15) is 30.9 Å². The predicted octanol–water partition coefficient (Wildman–Crippen LogP) is 7.15. The molecule has 0 aliphatic carbocycles. The summed E-state index contributed by atoms with van der Waals surface area (Å²) >= 11 is 16.8. The van der Waals surface area contributed by atoms with E-state index in [-0.39, 0.29) is 0 Å². The lowest BCUT2D eigenvalue weighted by molar-refractivity contribution is -0.142. The number of H-pyrrole nitrogens is 1. The van der Waals surface area contributed by atoms with E-state index in [2.05, 4.69) is 32.8 Å². The van der Waals surface area contributed by atoms with Gasteiger partial charge in [-0.1, -0.05) is 65.0 Å². The first-order valence-corrected chi connectivity index (χ1v) is 13.9. The molecule has 0 aliphatic rings. The van der Waals surface area contributed by atoms with Crippen molar-refractivity contribution in [2.75, 3.05) is 0 Å². The van der Waals surface area contributed by atoms with Crippen molar-refractivity contribution in [3.63, 3.8) is 0 Å². The van der Waals surface area contributed by atoms with Crippen molar-refractivity contribution in [1.29, 1.82) is 0 Å². The van der Waals surface area contributed by atoms with Gasteiger partial charge in [-0.3, -0.25) is 14.7 Å². The third-order valence-electron chi connectivity index (χ3n) is 4.41. The summed E-state index contributed by atoms with van der Waals surface area (Å²) in [5.74, 6) is -1.93. The minimum absolute atomic E-state index is 0.431. The van der Waals surface area contributed by atoms with Gasteiger partial charge < -0.3 is 10.2 Å². The zero-order valence-corrected chi connectivity index (χ0v) is 24.2. The fraction of sp³-hybridized carbons (Fsp3) is 0.167. The Bertz CT molecular complexity index is 1440. The summed E-state index contributed by atoms with van der Waals surface area (Å²) in [7, 11) is 0. The molecular formula is C24H20ClF3N4O4S4. The smallest absolute Gasteiger partial charge is 0.416 e. The number of halogens is 4. The summed E-state index contributed by atoms with van der Waals surface area (Å²) in [6, 6.07) is 14.7. The van der Waals surface area contributed by atoms with Crippen LogP contribution >= 0.6 is 59.5 Å². The number of nitrogens with zero attached hydrogens (tertiary/aromatic N) is 3. The Hall–Kier alpha value is -2.98. The first-order valence-electron chi connectivity index (χ1n) is 10.8. The van der Waals surface area contributed by atoms with Gasteiger partial charge in [0.25, 0.3) is 0 Å². The predicted molar refractivity (Wildman–Crippen MR) is 153 cm³/mol. The van der Waals surface area contributed by atoms with Crippen molar-refractivity contribution in [2.24, 2.45) is 0 Å². The molecular weight excluding hydrogens is 629 g/mol. The second-order valence-corrected chi connectivity index (χ2v) is 11.4. The van der Waals surface area contributed by atoms with Crippen LogP contribution < -0.4 is 0 Å². The lowest BCUT2D eigenvalue weighted by Crippen LogP contribution is -2.17. The largest absolute Gasteiger partial charge is 0.481 e. The molecule has 3 N–H and O–H groups in total. The molecule has 0 radical (unpaired) electrons. The van der Waals surface area contributed by atoms with Gasteiger partial charge in [0.1, 0.15) is 11.6 Å². The second-order valence-electron chi connectivity index (χ2n) is 7.42. The number of hydrogen-bond acceptors (Lipinski definition) is 9. The number of carboxylic acid groups (broad SMARTS) is 2. The van der Waals surface area contributed by atoms with Crippen molar-refractivity contribution < 1.29 is 33.0 Å². The molecule has 212 valence electrons. The van der Waals surface area contributed by atoms with E-state index < -0.39 is 35.3 Å².